The fourth-order valence-corrected chi connectivity index (χ4v) is 2.09. The van der Waals surface area contributed by atoms with Crippen LogP contribution >= 0.6 is 0 Å². The zero-order valence-corrected chi connectivity index (χ0v) is 11.1. The molecule has 8 heteroatoms. The van der Waals surface area contributed by atoms with Crippen molar-refractivity contribution in [2.75, 3.05) is 40.3 Å². The van der Waals surface area contributed by atoms with Crippen LogP contribution in [0.15, 0.2) is 0 Å². The molecule has 2 N–H and O–H groups in total. The average molecular weight is 283 g/mol. The van der Waals surface area contributed by atoms with E-state index in [2.05, 4.69) is 5.32 Å². The van der Waals surface area contributed by atoms with Crippen LogP contribution in [0.1, 0.15) is 12.8 Å². The maximum Gasteiger partial charge on any atom is 0.401 e. The van der Waals surface area contributed by atoms with Crippen LogP contribution in [0.25, 0.3) is 0 Å². The number of hydrogen-bond acceptors (Lipinski definition) is 3. The number of urea groups is 1. The van der Waals surface area contributed by atoms with Crippen molar-refractivity contribution in [3.05, 3.63) is 0 Å². The molecule has 0 aromatic rings. The topological polar surface area (TPSA) is 55.8 Å². The van der Waals surface area contributed by atoms with Gasteiger partial charge >= 0.3 is 12.2 Å². The van der Waals surface area contributed by atoms with Gasteiger partial charge in [-0.2, -0.15) is 13.2 Å². The Balaban J connectivity index is 2.55. The van der Waals surface area contributed by atoms with E-state index in [0.717, 1.165) is 0 Å². The molecule has 1 saturated heterocycles. The van der Waals surface area contributed by atoms with Crippen LogP contribution in [0.2, 0.25) is 0 Å². The van der Waals surface area contributed by atoms with Crippen molar-refractivity contribution in [2.45, 2.75) is 24.6 Å². The van der Waals surface area contributed by atoms with Crippen LogP contribution in [0.5, 0.6) is 0 Å². The van der Waals surface area contributed by atoms with Crippen molar-refractivity contribution in [2.24, 2.45) is 0 Å². The smallest absolute Gasteiger partial charge is 0.394 e. The number of carbonyl (C=O) groups is 1. The predicted molar refractivity (Wildman–Crippen MR) is 63.8 cm³/mol. The number of carbonyl (C=O) groups excluding carboxylic acids is 1. The highest BCUT2D eigenvalue weighted by molar-refractivity contribution is 5.73. The van der Waals surface area contributed by atoms with Gasteiger partial charge in [-0.3, -0.25) is 0 Å². The lowest BCUT2D eigenvalue weighted by Gasteiger charge is -2.42. The summed E-state index contributed by atoms with van der Waals surface area (Å²) in [5.41, 5.74) is -0.946. The first kappa shape index (κ1) is 16.0. The van der Waals surface area contributed by atoms with Gasteiger partial charge in [-0.25, -0.2) is 4.79 Å². The Kier molecular flexibility index (Phi) is 5.03. The number of aliphatic hydroxyl groups is 1. The molecule has 19 heavy (non-hydrogen) atoms. The Morgan fingerprint density at radius 2 is 1.89 bits per heavy atom. The third-order valence-electron chi connectivity index (χ3n) is 3.34. The summed E-state index contributed by atoms with van der Waals surface area (Å²) in [5.74, 6) is 0. The van der Waals surface area contributed by atoms with E-state index in [1.54, 1.807) is 19.0 Å². The summed E-state index contributed by atoms with van der Waals surface area (Å²) in [5, 5.41) is 11.7. The molecule has 0 atom stereocenters. The van der Waals surface area contributed by atoms with Gasteiger partial charge in [-0.05, 0) is 12.8 Å². The number of halogens is 3. The van der Waals surface area contributed by atoms with Gasteiger partial charge in [0, 0.05) is 32.7 Å². The van der Waals surface area contributed by atoms with Gasteiger partial charge in [0.25, 0.3) is 0 Å². The molecule has 1 aliphatic rings. The summed E-state index contributed by atoms with van der Waals surface area (Å²) >= 11 is 0. The number of amides is 2. The summed E-state index contributed by atoms with van der Waals surface area (Å²) in [6.45, 7) is -0.826. The molecule has 0 aromatic heterocycles. The standard InChI is InChI=1S/C11H20F3N3O2/c1-16(2)9(19)17-5-3-10(8-18,4-6-17)15-7-11(12,13)14/h15,18H,3-8H2,1-2H3. The van der Waals surface area contributed by atoms with E-state index in [1.807, 2.05) is 0 Å². The fraction of sp³-hybridized carbons (Fsp3) is 0.909. The van der Waals surface area contributed by atoms with Crippen LogP contribution in [0, 0.1) is 0 Å². The molecule has 1 rings (SSSR count). The molecule has 0 spiro atoms. The van der Waals surface area contributed by atoms with E-state index in [9.17, 15) is 23.1 Å². The summed E-state index contributed by atoms with van der Waals surface area (Å²) in [6.07, 6.45) is -3.70. The average Bonchev–Trinajstić information content (AvgIpc) is 2.35. The van der Waals surface area contributed by atoms with Crippen LogP contribution in [0.3, 0.4) is 0 Å². The van der Waals surface area contributed by atoms with Gasteiger partial charge in [0.2, 0.25) is 0 Å². The van der Waals surface area contributed by atoms with E-state index >= 15 is 0 Å². The Morgan fingerprint density at radius 1 is 1.37 bits per heavy atom. The maximum absolute atomic E-state index is 12.2. The van der Waals surface area contributed by atoms with Crippen molar-refractivity contribution >= 4 is 6.03 Å². The molecule has 5 nitrogen and oxygen atoms in total. The normalized spacial score (nSPS) is 19.4. The monoisotopic (exact) mass is 283 g/mol. The van der Waals surface area contributed by atoms with Gasteiger partial charge in [0.05, 0.1) is 13.2 Å². The molecule has 2 amide bonds. The minimum Gasteiger partial charge on any atom is -0.394 e. The van der Waals surface area contributed by atoms with Crippen molar-refractivity contribution < 1.29 is 23.1 Å². The number of nitrogens with zero attached hydrogens (tertiary/aromatic N) is 2. The Bertz CT molecular complexity index is 313. The van der Waals surface area contributed by atoms with Crippen LogP contribution in [-0.2, 0) is 0 Å². The quantitative estimate of drug-likeness (QED) is 0.799. The molecule has 0 saturated carbocycles. The summed E-state index contributed by atoms with van der Waals surface area (Å²) in [6, 6.07) is -0.164. The van der Waals surface area contributed by atoms with Crippen molar-refractivity contribution in [1.82, 2.24) is 15.1 Å². The molecule has 112 valence electrons. The summed E-state index contributed by atoms with van der Waals surface area (Å²) in [7, 11) is 3.25. The molecule has 0 unspecified atom stereocenters. The molecule has 1 fully saturated rings. The number of nitrogens with one attached hydrogen (secondary N) is 1. The van der Waals surface area contributed by atoms with Crippen molar-refractivity contribution in [1.29, 1.82) is 0 Å². The SMILES string of the molecule is CN(C)C(=O)N1CCC(CO)(NCC(F)(F)F)CC1. The lowest BCUT2D eigenvalue weighted by molar-refractivity contribution is -0.131. The van der Waals surface area contributed by atoms with Crippen LogP contribution < -0.4 is 5.32 Å². The molecular formula is C11H20F3N3O2. The van der Waals surface area contributed by atoms with Crippen LogP contribution in [0.4, 0.5) is 18.0 Å². The third-order valence-corrected chi connectivity index (χ3v) is 3.34. The zero-order valence-electron chi connectivity index (χ0n) is 11.1. The number of hydrogen-bond donors (Lipinski definition) is 2. The largest absolute Gasteiger partial charge is 0.401 e. The highest BCUT2D eigenvalue weighted by Crippen LogP contribution is 2.24. The minimum absolute atomic E-state index is 0.164. The van der Waals surface area contributed by atoms with Crippen molar-refractivity contribution in [3.8, 4) is 0 Å². The molecular weight excluding hydrogens is 263 g/mol. The molecule has 1 aliphatic heterocycles. The molecule has 0 radical (unpaired) electrons. The molecule has 1 heterocycles. The van der Waals surface area contributed by atoms with E-state index in [1.165, 1.54) is 4.90 Å². The van der Waals surface area contributed by atoms with E-state index in [0.29, 0.717) is 25.9 Å². The second kappa shape index (κ2) is 5.96. The first-order chi connectivity index (χ1) is 8.69. The highest BCUT2D eigenvalue weighted by Gasteiger charge is 2.38. The lowest BCUT2D eigenvalue weighted by Crippen LogP contribution is -2.59. The van der Waals surface area contributed by atoms with Gasteiger partial charge in [0.1, 0.15) is 0 Å². The van der Waals surface area contributed by atoms with Crippen molar-refractivity contribution in [3.63, 3.8) is 0 Å². The predicted octanol–water partition coefficient (Wildman–Crippen LogP) is 0.647. The number of rotatable bonds is 3. The zero-order chi connectivity index (χ0) is 14.7. The van der Waals surface area contributed by atoms with E-state index in [4.69, 9.17) is 0 Å². The first-order valence-electron chi connectivity index (χ1n) is 6.08. The molecule has 0 aromatic carbocycles. The van der Waals surface area contributed by atoms with E-state index < -0.39 is 18.3 Å². The number of piperidine rings is 1. The molecule has 0 aliphatic carbocycles. The second-order valence-corrected chi connectivity index (χ2v) is 5.07. The van der Waals surface area contributed by atoms with Gasteiger partial charge in [-0.1, -0.05) is 0 Å². The van der Waals surface area contributed by atoms with Gasteiger partial charge in [-0.15, -0.1) is 0 Å². The maximum atomic E-state index is 12.2. The Morgan fingerprint density at radius 3 is 2.26 bits per heavy atom. The fourth-order valence-electron chi connectivity index (χ4n) is 2.09. The Labute approximate surface area is 110 Å². The van der Waals surface area contributed by atoms with Crippen LogP contribution in [-0.4, -0.2) is 73.0 Å². The van der Waals surface area contributed by atoms with Gasteiger partial charge < -0.3 is 20.2 Å². The third kappa shape index (κ3) is 4.54. The second-order valence-electron chi connectivity index (χ2n) is 5.07. The van der Waals surface area contributed by atoms with E-state index in [-0.39, 0.29) is 12.6 Å². The highest BCUT2D eigenvalue weighted by atomic mass is 19.4. The first-order valence-corrected chi connectivity index (χ1v) is 6.08. The molecule has 0 bridgehead atoms. The minimum atomic E-state index is -4.31. The Hall–Kier alpha value is -1.02. The summed E-state index contributed by atoms with van der Waals surface area (Å²) < 4.78 is 36.6. The number of likely N-dealkylation sites (tertiary alicyclic amines) is 1. The number of aliphatic hydroxyl groups excluding tert-OH is 1. The number of alkyl halides is 3. The summed E-state index contributed by atoms with van der Waals surface area (Å²) in [4.78, 5) is 14.7. The van der Waals surface area contributed by atoms with Gasteiger partial charge in [0.15, 0.2) is 0 Å². The lowest BCUT2D eigenvalue weighted by atomic mass is 9.88.